The molecule has 2 aliphatic heterocycles. The number of carbonyl (C=O) groups excluding carboxylic acids is 1. The maximum atomic E-state index is 12.3. The first-order chi connectivity index (χ1) is 12.3. The van der Waals surface area contributed by atoms with E-state index in [0.717, 1.165) is 5.56 Å². The van der Waals surface area contributed by atoms with Gasteiger partial charge in [0.2, 0.25) is 0 Å². The fourth-order valence-corrected chi connectivity index (χ4v) is 2.96. The summed E-state index contributed by atoms with van der Waals surface area (Å²) in [5.41, 5.74) is 0.132. The van der Waals surface area contributed by atoms with Crippen molar-refractivity contribution in [1.29, 1.82) is 0 Å². The smallest absolute Gasteiger partial charge is 0.311 e. The van der Waals surface area contributed by atoms with E-state index in [2.05, 4.69) is 0 Å². The van der Waals surface area contributed by atoms with E-state index in [4.69, 9.17) is 23.7 Å². The summed E-state index contributed by atoms with van der Waals surface area (Å²) in [4.78, 5) is 12.3. The molecule has 1 N–H and O–H groups in total. The molecular formula is C19H26O7. The van der Waals surface area contributed by atoms with E-state index in [1.807, 2.05) is 30.3 Å². The van der Waals surface area contributed by atoms with Crippen LogP contribution in [0.15, 0.2) is 30.3 Å². The maximum Gasteiger partial charge on any atom is 0.311 e. The van der Waals surface area contributed by atoms with Gasteiger partial charge in [0.1, 0.15) is 18.3 Å². The number of fused-ring (bicyclic) bond motifs is 1. The van der Waals surface area contributed by atoms with Crippen molar-refractivity contribution >= 4 is 5.97 Å². The molecule has 0 radical (unpaired) electrons. The minimum absolute atomic E-state index is 0.237. The predicted octanol–water partition coefficient (Wildman–Crippen LogP) is 1.79. The van der Waals surface area contributed by atoms with E-state index in [0.29, 0.717) is 0 Å². The van der Waals surface area contributed by atoms with Crippen molar-refractivity contribution in [3.63, 3.8) is 0 Å². The quantitative estimate of drug-likeness (QED) is 0.817. The number of methoxy groups -OCH3 is 1. The average molecular weight is 366 g/mol. The molecule has 2 heterocycles. The van der Waals surface area contributed by atoms with Gasteiger partial charge in [-0.25, -0.2) is 0 Å². The van der Waals surface area contributed by atoms with Crippen LogP contribution in [0.5, 0.6) is 0 Å². The minimum Gasteiger partial charge on any atom is -0.454 e. The van der Waals surface area contributed by atoms with E-state index in [-0.39, 0.29) is 6.61 Å². The zero-order valence-electron chi connectivity index (χ0n) is 15.5. The Morgan fingerprint density at radius 1 is 1.19 bits per heavy atom. The van der Waals surface area contributed by atoms with Crippen molar-refractivity contribution in [3.05, 3.63) is 35.9 Å². The summed E-state index contributed by atoms with van der Waals surface area (Å²) in [6, 6.07) is 9.44. The lowest BCUT2D eigenvalue weighted by Crippen LogP contribution is -2.63. The second-order valence-corrected chi connectivity index (χ2v) is 7.57. The first-order valence-corrected chi connectivity index (χ1v) is 8.70. The molecule has 1 aromatic rings. The van der Waals surface area contributed by atoms with Crippen molar-refractivity contribution in [3.8, 4) is 0 Å². The van der Waals surface area contributed by atoms with E-state index in [1.54, 1.807) is 20.8 Å². The van der Waals surface area contributed by atoms with Gasteiger partial charge in [-0.15, -0.1) is 0 Å². The molecule has 7 nitrogen and oxygen atoms in total. The molecule has 0 aliphatic carbocycles. The molecule has 0 saturated carbocycles. The van der Waals surface area contributed by atoms with Crippen LogP contribution in [0.2, 0.25) is 0 Å². The van der Waals surface area contributed by atoms with E-state index in [9.17, 15) is 9.90 Å². The molecule has 3 rings (SSSR count). The lowest BCUT2D eigenvalue weighted by molar-refractivity contribution is -0.359. The molecule has 7 heteroatoms. The molecule has 1 unspecified atom stereocenters. The monoisotopic (exact) mass is 366 g/mol. The van der Waals surface area contributed by atoms with Gasteiger partial charge in [0.05, 0.1) is 12.0 Å². The predicted molar refractivity (Wildman–Crippen MR) is 91.0 cm³/mol. The molecule has 2 aliphatic rings. The Morgan fingerprint density at radius 2 is 1.88 bits per heavy atom. The van der Waals surface area contributed by atoms with Crippen LogP contribution in [0.3, 0.4) is 0 Å². The number of ether oxygens (including phenoxy) is 5. The first-order valence-electron chi connectivity index (χ1n) is 8.70. The van der Waals surface area contributed by atoms with Crippen molar-refractivity contribution in [2.24, 2.45) is 5.41 Å². The third-order valence-corrected chi connectivity index (χ3v) is 4.47. The third-order valence-electron chi connectivity index (χ3n) is 4.47. The Hall–Kier alpha value is -1.51. The molecule has 6 atom stereocenters. The van der Waals surface area contributed by atoms with Crippen LogP contribution in [0.25, 0.3) is 0 Å². The summed E-state index contributed by atoms with van der Waals surface area (Å²) in [6.45, 7) is 5.46. The van der Waals surface area contributed by atoms with Crippen LogP contribution in [0, 0.1) is 5.41 Å². The van der Waals surface area contributed by atoms with Crippen molar-refractivity contribution in [1.82, 2.24) is 0 Å². The summed E-state index contributed by atoms with van der Waals surface area (Å²) >= 11 is 0. The van der Waals surface area contributed by atoms with Gasteiger partial charge in [0.15, 0.2) is 18.7 Å². The largest absolute Gasteiger partial charge is 0.454 e. The Kier molecular flexibility index (Phi) is 5.64. The van der Waals surface area contributed by atoms with Crippen LogP contribution in [0.4, 0.5) is 0 Å². The Bertz CT molecular complexity index is 612. The second kappa shape index (κ2) is 7.62. The number of carbonyl (C=O) groups is 1. The minimum atomic E-state index is -1.10. The number of hydrogen-bond acceptors (Lipinski definition) is 7. The highest BCUT2D eigenvalue weighted by Gasteiger charge is 2.51. The lowest BCUT2D eigenvalue weighted by atomic mass is 9.95. The number of esters is 1. The van der Waals surface area contributed by atoms with Crippen molar-refractivity contribution in [2.75, 3.05) is 13.7 Å². The van der Waals surface area contributed by atoms with Crippen LogP contribution >= 0.6 is 0 Å². The molecule has 0 bridgehead atoms. The van der Waals surface area contributed by atoms with Gasteiger partial charge < -0.3 is 28.8 Å². The summed E-state index contributed by atoms with van der Waals surface area (Å²) in [5, 5.41) is 10.8. The van der Waals surface area contributed by atoms with Crippen LogP contribution in [0.1, 0.15) is 32.6 Å². The molecule has 1 aromatic carbocycles. The average Bonchev–Trinajstić information content (AvgIpc) is 2.63. The molecule has 144 valence electrons. The fraction of sp³-hybridized carbons (Fsp3) is 0.632. The van der Waals surface area contributed by atoms with E-state index < -0.39 is 48.4 Å². The van der Waals surface area contributed by atoms with Gasteiger partial charge in [0.25, 0.3) is 0 Å². The number of aliphatic hydroxyl groups is 1. The highest BCUT2D eigenvalue weighted by atomic mass is 16.8. The van der Waals surface area contributed by atoms with Crippen molar-refractivity contribution in [2.45, 2.75) is 57.8 Å². The van der Waals surface area contributed by atoms with E-state index >= 15 is 0 Å². The number of hydrogen-bond donors (Lipinski definition) is 1. The Balaban J connectivity index is 1.76. The van der Waals surface area contributed by atoms with Crippen LogP contribution in [-0.4, -0.2) is 55.5 Å². The number of benzene rings is 1. The van der Waals surface area contributed by atoms with Gasteiger partial charge in [-0.3, -0.25) is 4.79 Å². The highest BCUT2D eigenvalue weighted by molar-refractivity contribution is 5.75. The maximum absolute atomic E-state index is 12.3. The SMILES string of the molecule is CO[C@H]1O[C@@H]2COC(c3ccccc3)O[C@H]2[C@H](O)[C@H]1OC(=O)C(C)(C)C. The van der Waals surface area contributed by atoms with Crippen molar-refractivity contribution < 1.29 is 33.6 Å². The van der Waals surface area contributed by atoms with Gasteiger partial charge >= 0.3 is 5.97 Å². The van der Waals surface area contributed by atoms with Gasteiger partial charge in [-0.05, 0) is 20.8 Å². The fourth-order valence-electron chi connectivity index (χ4n) is 2.96. The van der Waals surface area contributed by atoms with Gasteiger partial charge in [-0.1, -0.05) is 30.3 Å². The summed E-state index contributed by atoms with van der Waals surface area (Å²) in [7, 11) is 1.44. The lowest BCUT2D eigenvalue weighted by Gasteiger charge is -2.47. The summed E-state index contributed by atoms with van der Waals surface area (Å²) in [6.07, 6.45) is -4.80. The number of rotatable bonds is 3. The molecule has 2 fully saturated rings. The van der Waals surface area contributed by atoms with Gasteiger partial charge in [-0.2, -0.15) is 0 Å². The van der Waals surface area contributed by atoms with Crippen LogP contribution < -0.4 is 0 Å². The molecule has 2 saturated heterocycles. The Morgan fingerprint density at radius 3 is 2.50 bits per heavy atom. The first kappa shape index (κ1) is 19.3. The zero-order valence-corrected chi connectivity index (χ0v) is 15.5. The zero-order chi connectivity index (χ0) is 18.9. The van der Waals surface area contributed by atoms with Crippen LogP contribution in [-0.2, 0) is 28.5 Å². The Labute approximate surface area is 153 Å². The second-order valence-electron chi connectivity index (χ2n) is 7.57. The van der Waals surface area contributed by atoms with E-state index in [1.165, 1.54) is 7.11 Å². The normalized spacial score (nSPS) is 34.8. The third kappa shape index (κ3) is 3.92. The molecule has 0 aromatic heterocycles. The molecule has 26 heavy (non-hydrogen) atoms. The molecule has 0 spiro atoms. The van der Waals surface area contributed by atoms with Gasteiger partial charge in [0, 0.05) is 12.7 Å². The molecule has 0 amide bonds. The number of aliphatic hydroxyl groups excluding tert-OH is 1. The highest BCUT2D eigenvalue weighted by Crippen LogP contribution is 2.35. The summed E-state index contributed by atoms with van der Waals surface area (Å²) in [5.74, 6) is -0.447. The summed E-state index contributed by atoms with van der Waals surface area (Å²) < 4.78 is 28.2. The molecular weight excluding hydrogens is 340 g/mol. The topological polar surface area (TPSA) is 83.5 Å². The standard InChI is InChI=1S/C19H26O7/c1-19(2,3)18(21)26-15-13(20)14-12(24-17(15)22-4)10-23-16(25-14)11-8-6-5-7-9-11/h5-9,12-17,20H,10H2,1-4H3/t12-,13+,14-,15-,16?,17+/m1/s1.